The predicted octanol–water partition coefficient (Wildman–Crippen LogP) is 1.74. The van der Waals surface area contributed by atoms with E-state index in [0.29, 0.717) is 5.69 Å². The van der Waals surface area contributed by atoms with E-state index in [1.165, 1.54) is 21.6 Å². The number of aryl methyl sites for hydroxylation is 1. The molecule has 0 unspecified atom stereocenters. The average molecular weight is 260 g/mol. The minimum atomic E-state index is -0.488. The molecule has 8 heteroatoms. The van der Waals surface area contributed by atoms with Crippen LogP contribution in [-0.4, -0.2) is 24.3 Å². The molecule has 0 saturated carbocycles. The molecule has 0 aromatic carbocycles. The maximum atomic E-state index is 11.2. The second-order valence-electron chi connectivity index (χ2n) is 4.29. The molecular weight excluding hydrogens is 248 g/mol. The van der Waals surface area contributed by atoms with E-state index in [-0.39, 0.29) is 23.4 Å². The number of imidazole rings is 1. The zero-order chi connectivity index (χ0) is 14.2. The Hall–Kier alpha value is -2.69. The number of nitro groups is 1. The Labute approximate surface area is 109 Å². The highest BCUT2D eigenvalue weighted by molar-refractivity contribution is 5.53. The van der Waals surface area contributed by atoms with Gasteiger partial charge in [0.1, 0.15) is 11.8 Å². The maximum Gasteiger partial charge on any atom is 0.334 e. The molecule has 0 bridgehead atoms. The number of rotatable bonds is 3. The summed E-state index contributed by atoms with van der Waals surface area (Å²) in [6, 6.07) is 1.83. The van der Waals surface area contributed by atoms with E-state index in [4.69, 9.17) is 5.26 Å². The Morgan fingerprint density at radius 2 is 2.21 bits per heavy atom. The van der Waals surface area contributed by atoms with Gasteiger partial charge in [-0.05, 0) is 20.8 Å². The lowest BCUT2D eigenvalue weighted by atomic mass is 10.3. The smallest absolute Gasteiger partial charge is 0.270 e. The summed E-state index contributed by atoms with van der Waals surface area (Å²) >= 11 is 0. The molecule has 0 N–H and O–H groups in total. The number of nitrogens with zero attached hydrogens (tertiary/aromatic N) is 6. The van der Waals surface area contributed by atoms with E-state index in [1.807, 2.05) is 19.9 Å². The number of aromatic nitrogens is 4. The van der Waals surface area contributed by atoms with E-state index >= 15 is 0 Å². The molecule has 2 aromatic rings. The first kappa shape index (κ1) is 12.8. The molecule has 0 radical (unpaired) electrons. The molecule has 2 heterocycles. The van der Waals surface area contributed by atoms with Crippen molar-refractivity contribution in [3.8, 4) is 11.9 Å². The molecule has 0 aliphatic carbocycles. The van der Waals surface area contributed by atoms with Crippen LogP contribution >= 0.6 is 0 Å². The van der Waals surface area contributed by atoms with Crippen molar-refractivity contribution in [3.63, 3.8) is 0 Å². The third kappa shape index (κ3) is 1.95. The Kier molecular flexibility index (Phi) is 3.04. The van der Waals surface area contributed by atoms with E-state index < -0.39 is 4.92 Å². The minimum Gasteiger partial charge on any atom is -0.270 e. The van der Waals surface area contributed by atoms with E-state index in [9.17, 15) is 10.1 Å². The summed E-state index contributed by atoms with van der Waals surface area (Å²) in [6.45, 7) is 5.30. The highest BCUT2D eigenvalue weighted by Gasteiger charge is 2.29. The highest BCUT2D eigenvalue weighted by Crippen LogP contribution is 2.29. The van der Waals surface area contributed by atoms with Gasteiger partial charge in [-0.25, -0.2) is 9.67 Å². The van der Waals surface area contributed by atoms with Gasteiger partial charge in [-0.15, -0.1) is 0 Å². The molecule has 2 aromatic heterocycles. The first-order chi connectivity index (χ1) is 8.97. The lowest BCUT2D eigenvalue weighted by Crippen LogP contribution is -2.11. The summed E-state index contributed by atoms with van der Waals surface area (Å²) in [5.41, 5.74) is 0.203. The number of hydrogen-bond acceptors (Lipinski definition) is 5. The van der Waals surface area contributed by atoms with Crippen LogP contribution in [0.3, 0.4) is 0 Å². The summed E-state index contributed by atoms with van der Waals surface area (Å²) in [6.07, 6.45) is 2.94. The van der Waals surface area contributed by atoms with E-state index in [0.717, 1.165) is 0 Å². The fourth-order valence-electron chi connectivity index (χ4n) is 1.88. The standard InChI is InChI=1S/C11H12N6O2/c1-7(2)16-11(10(17(18)19)8(3)14-16)15-5-4-13-9(15)6-12/h4-5,7H,1-3H3. The molecular formula is C11H12N6O2. The van der Waals surface area contributed by atoms with Gasteiger partial charge < -0.3 is 0 Å². The summed E-state index contributed by atoms with van der Waals surface area (Å²) in [4.78, 5) is 14.6. The quantitative estimate of drug-likeness (QED) is 0.617. The van der Waals surface area contributed by atoms with Crippen LogP contribution in [0.5, 0.6) is 0 Å². The molecule has 0 saturated heterocycles. The molecule has 0 fully saturated rings. The van der Waals surface area contributed by atoms with Crippen molar-refractivity contribution in [1.82, 2.24) is 19.3 Å². The van der Waals surface area contributed by atoms with Crippen molar-refractivity contribution in [2.24, 2.45) is 0 Å². The SMILES string of the molecule is Cc1nn(C(C)C)c(-n2ccnc2C#N)c1[N+](=O)[O-]. The third-order valence-corrected chi connectivity index (χ3v) is 2.67. The van der Waals surface area contributed by atoms with Crippen molar-refractivity contribution >= 4 is 5.69 Å². The summed E-state index contributed by atoms with van der Waals surface area (Å²) < 4.78 is 2.91. The first-order valence-corrected chi connectivity index (χ1v) is 5.64. The Morgan fingerprint density at radius 1 is 1.53 bits per heavy atom. The number of hydrogen-bond donors (Lipinski definition) is 0. The molecule has 2 rings (SSSR count). The molecule has 19 heavy (non-hydrogen) atoms. The molecule has 0 atom stereocenters. The lowest BCUT2D eigenvalue weighted by molar-refractivity contribution is -0.385. The fraction of sp³-hybridized carbons (Fsp3) is 0.364. The van der Waals surface area contributed by atoms with Crippen LogP contribution in [0.25, 0.3) is 5.82 Å². The van der Waals surface area contributed by atoms with Crippen LogP contribution in [-0.2, 0) is 0 Å². The molecule has 8 nitrogen and oxygen atoms in total. The third-order valence-electron chi connectivity index (χ3n) is 2.67. The molecule has 0 aliphatic heterocycles. The van der Waals surface area contributed by atoms with Crippen LogP contribution < -0.4 is 0 Å². The van der Waals surface area contributed by atoms with Gasteiger partial charge in [-0.3, -0.25) is 14.7 Å². The van der Waals surface area contributed by atoms with Crippen molar-refractivity contribution in [3.05, 3.63) is 34.0 Å². The van der Waals surface area contributed by atoms with Gasteiger partial charge in [0.05, 0.1) is 4.92 Å². The zero-order valence-corrected chi connectivity index (χ0v) is 10.7. The van der Waals surface area contributed by atoms with Crippen molar-refractivity contribution in [1.29, 1.82) is 5.26 Å². The van der Waals surface area contributed by atoms with Gasteiger partial charge in [0.2, 0.25) is 11.6 Å². The topological polar surface area (TPSA) is 103 Å². The number of nitriles is 1. The van der Waals surface area contributed by atoms with Gasteiger partial charge in [-0.2, -0.15) is 10.4 Å². The summed E-state index contributed by atoms with van der Waals surface area (Å²) in [7, 11) is 0. The largest absolute Gasteiger partial charge is 0.334 e. The van der Waals surface area contributed by atoms with E-state index in [2.05, 4.69) is 10.1 Å². The van der Waals surface area contributed by atoms with Gasteiger partial charge in [0.15, 0.2) is 0 Å². The first-order valence-electron chi connectivity index (χ1n) is 5.64. The summed E-state index contributed by atoms with van der Waals surface area (Å²) in [5.74, 6) is 0.344. The average Bonchev–Trinajstić information content (AvgIpc) is 2.91. The molecule has 0 spiro atoms. The van der Waals surface area contributed by atoms with Crippen LogP contribution in [0, 0.1) is 28.4 Å². The second-order valence-corrected chi connectivity index (χ2v) is 4.29. The molecule has 0 amide bonds. The van der Waals surface area contributed by atoms with Crippen molar-refractivity contribution in [2.45, 2.75) is 26.8 Å². The van der Waals surface area contributed by atoms with Crippen LogP contribution in [0.1, 0.15) is 31.4 Å². The monoisotopic (exact) mass is 260 g/mol. The molecule has 0 aliphatic rings. The normalized spacial score (nSPS) is 10.7. The van der Waals surface area contributed by atoms with Crippen molar-refractivity contribution in [2.75, 3.05) is 0 Å². The molecule has 98 valence electrons. The van der Waals surface area contributed by atoms with Gasteiger partial charge in [-0.1, -0.05) is 0 Å². The van der Waals surface area contributed by atoms with Gasteiger partial charge in [0.25, 0.3) is 0 Å². The zero-order valence-electron chi connectivity index (χ0n) is 10.7. The lowest BCUT2D eigenvalue weighted by Gasteiger charge is -2.10. The highest BCUT2D eigenvalue weighted by atomic mass is 16.6. The van der Waals surface area contributed by atoms with Gasteiger partial charge in [0, 0.05) is 18.4 Å². The second kappa shape index (κ2) is 4.53. The van der Waals surface area contributed by atoms with E-state index in [1.54, 1.807) is 6.92 Å². The Balaban J connectivity index is 2.81. The maximum absolute atomic E-state index is 11.2. The van der Waals surface area contributed by atoms with Crippen molar-refractivity contribution < 1.29 is 4.92 Å². The van der Waals surface area contributed by atoms with Gasteiger partial charge >= 0.3 is 5.69 Å². The fourth-order valence-corrected chi connectivity index (χ4v) is 1.88. The Morgan fingerprint density at radius 3 is 2.74 bits per heavy atom. The Bertz CT molecular complexity index is 676. The predicted molar refractivity (Wildman–Crippen MR) is 65.8 cm³/mol. The van der Waals surface area contributed by atoms with Crippen LogP contribution in [0.4, 0.5) is 5.69 Å². The minimum absolute atomic E-state index is 0.0728. The van der Waals surface area contributed by atoms with Crippen LogP contribution in [0.15, 0.2) is 12.4 Å². The summed E-state index contributed by atoms with van der Waals surface area (Å²) in [5, 5.41) is 24.4. The van der Waals surface area contributed by atoms with Crippen LogP contribution in [0.2, 0.25) is 0 Å².